The highest BCUT2D eigenvalue weighted by Crippen LogP contribution is 2.24. The normalized spacial score (nSPS) is 14.4. The first-order chi connectivity index (χ1) is 14.5. The van der Waals surface area contributed by atoms with Crippen LogP contribution in [0.15, 0.2) is 88.0 Å². The van der Waals surface area contributed by atoms with Gasteiger partial charge >= 0.3 is 11.9 Å². The second-order valence-corrected chi connectivity index (χ2v) is 7.60. The van der Waals surface area contributed by atoms with Gasteiger partial charge in [0.15, 0.2) is 5.70 Å². The molecule has 0 aromatic heterocycles. The topological polar surface area (TPSA) is 65.0 Å². The number of carbonyl (C=O) groups excluding carboxylic acids is 2. The van der Waals surface area contributed by atoms with E-state index < -0.39 is 11.9 Å². The molecule has 0 radical (unpaired) electrons. The molecule has 3 aromatic carbocycles. The lowest BCUT2D eigenvalue weighted by atomic mass is 10.2. The van der Waals surface area contributed by atoms with Crippen LogP contribution in [0, 0.1) is 0 Å². The summed E-state index contributed by atoms with van der Waals surface area (Å²) in [5.74, 6) is -0.464. The first-order valence-electron chi connectivity index (χ1n) is 8.85. The summed E-state index contributed by atoms with van der Waals surface area (Å²) < 4.78 is 11.5. The lowest BCUT2D eigenvalue weighted by Gasteiger charge is -2.05. The van der Waals surface area contributed by atoms with Gasteiger partial charge in [-0.25, -0.2) is 14.6 Å². The highest BCUT2D eigenvalue weighted by molar-refractivity contribution is 9.10. The Bertz CT molecular complexity index is 1180. The monoisotopic (exact) mass is 481 g/mol. The van der Waals surface area contributed by atoms with E-state index in [-0.39, 0.29) is 11.6 Å². The predicted molar refractivity (Wildman–Crippen MR) is 118 cm³/mol. The van der Waals surface area contributed by atoms with Gasteiger partial charge in [0.25, 0.3) is 0 Å². The van der Waals surface area contributed by atoms with Crippen molar-refractivity contribution in [3.8, 4) is 5.75 Å². The van der Waals surface area contributed by atoms with E-state index in [4.69, 9.17) is 21.1 Å². The van der Waals surface area contributed by atoms with Gasteiger partial charge in [-0.05, 0) is 60.2 Å². The zero-order valence-corrected chi connectivity index (χ0v) is 17.7. The van der Waals surface area contributed by atoms with Crippen molar-refractivity contribution in [2.45, 2.75) is 0 Å². The number of rotatable bonds is 4. The molecule has 0 unspecified atom stereocenters. The molecule has 5 nitrogen and oxygen atoms in total. The Labute approximate surface area is 185 Å². The van der Waals surface area contributed by atoms with Gasteiger partial charge < -0.3 is 9.47 Å². The third-order valence-electron chi connectivity index (χ3n) is 4.20. The first kappa shape index (κ1) is 20.1. The van der Waals surface area contributed by atoms with Crippen LogP contribution in [0.5, 0.6) is 5.75 Å². The average molecular weight is 483 g/mol. The van der Waals surface area contributed by atoms with Crippen molar-refractivity contribution in [2.75, 3.05) is 0 Å². The highest BCUT2D eigenvalue weighted by atomic mass is 79.9. The van der Waals surface area contributed by atoms with Crippen LogP contribution in [-0.4, -0.2) is 17.8 Å². The second-order valence-electron chi connectivity index (χ2n) is 6.28. The molecule has 0 spiro atoms. The average Bonchev–Trinajstić information content (AvgIpc) is 3.10. The van der Waals surface area contributed by atoms with Gasteiger partial charge in [0.2, 0.25) is 5.90 Å². The summed E-state index contributed by atoms with van der Waals surface area (Å²) >= 11 is 9.46. The number of carbonyl (C=O) groups is 2. The Kier molecular flexibility index (Phi) is 5.79. The van der Waals surface area contributed by atoms with E-state index >= 15 is 0 Å². The number of hydrogen-bond donors (Lipinski definition) is 0. The number of nitrogens with zero attached hydrogens (tertiary/aromatic N) is 1. The summed E-state index contributed by atoms with van der Waals surface area (Å²) in [4.78, 5) is 28.6. The minimum Gasteiger partial charge on any atom is -0.423 e. The largest absolute Gasteiger partial charge is 0.423 e. The molecular formula is C23H13BrClNO4. The van der Waals surface area contributed by atoms with E-state index in [0.717, 1.165) is 4.47 Å². The number of esters is 2. The standard InChI is InChI=1S/C23H13BrClNO4/c24-16-9-7-15(8-10-16)22(27)29-17-11-5-14(6-12-17)13-20-23(28)30-21(26-20)18-3-1-2-4-19(18)25/h1-13H. The second kappa shape index (κ2) is 8.65. The SMILES string of the molecule is O=C1OC(c2ccccc2Cl)=NC1=Cc1ccc(OC(=O)c2ccc(Br)cc2)cc1. The predicted octanol–water partition coefficient (Wildman–Crippen LogP) is 5.67. The molecule has 30 heavy (non-hydrogen) atoms. The fourth-order valence-electron chi connectivity index (χ4n) is 2.70. The summed E-state index contributed by atoms with van der Waals surface area (Å²) in [6, 6.07) is 20.6. The molecule has 0 saturated heterocycles. The fraction of sp³-hybridized carbons (Fsp3) is 0. The van der Waals surface area contributed by atoms with Crippen LogP contribution in [0.4, 0.5) is 0 Å². The molecule has 1 heterocycles. The maximum Gasteiger partial charge on any atom is 0.363 e. The lowest BCUT2D eigenvalue weighted by Crippen LogP contribution is -2.08. The zero-order valence-electron chi connectivity index (χ0n) is 15.3. The number of hydrogen-bond acceptors (Lipinski definition) is 5. The summed E-state index contributed by atoms with van der Waals surface area (Å²) in [6.45, 7) is 0. The molecule has 3 aromatic rings. The third-order valence-corrected chi connectivity index (χ3v) is 5.06. The van der Waals surface area contributed by atoms with Crippen molar-refractivity contribution < 1.29 is 19.1 Å². The fourth-order valence-corrected chi connectivity index (χ4v) is 3.18. The summed E-state index contributed by atoms with van der Waals surface area (Å²) in [7, 11) is 0. The van der Waals surface area contributed by atoms with E-state index in [1.165, 1.54) is 0 Å². The van der Waals surface area contributed by atoms with E-state index in [1.807, 2.05) is 0 Å². The van der Waals surface area contributed by atoms with E-state index in [9.17, 15) is 9.59 Å². The van der Waals surface area contributed by atoms with Crippen molar-refractivity contribution in [1.82, 2.24) is 0 Å². The Hall–Kier alpha value is -3.22. The number of ether oxygens (including phenoxy) is 2. The molecule has 0 bridgehead atoms. The molecule has 7 heteroatoms. The Morgan fingerprint density at radius 1 is 1.00 bits per heavy atom. The van der Waals surface area contributed by atoms with Crippen LogP contribution < -0.4 is 4.74 Å². The zero-order chi connectivity index (χ0) is 21.1. The van der Waals surface area contributed by atoms with Gasteiger partial charge in [0.05, 0.1) is 16.1 Å². The quantitative estimate of drug-likeness (QED) is 0.273. The molecule has 0 aliphatic carbocycles. The van der Waals surface area contributed by atoms with Crippen molar-refractivity contribution in [3.63, 3.8) is 0 Å². The van der Waals surface area contributed by atoms with Crippen LogP contribution in [0.3, 0.4) is 0 Å². The van der Waals surface area contributed by atoms with E-state index in [0.29, 0.717) is 27.5 Å². The third kappa shape index (κ3) is 4.50. The summed E-state index contributed by atoms with van der Waals surface area (Å²) in [6.07, 6.45) is 1.59. The molecule has 148 valence electrons. The molecule has 0 saturated carbocycles. The van der Waals surface area contributed by atoms with Crippen molar-refractivity contribution >= 4 is 51.4 Å². The Morgan fingerprint density at radius 3 is 2.40 bits per heavy atom. The van der Waals surface area contributed by atoms with Crippen molar-refractivity contribution in [1.29, 1.82) is 0 Å². The Balaban J connectivity index is 1.49. The van der Waals surface area contributed by atoms with Crippen molar-refractivity contribution in [2.24, 2.45) is 4.99 Å². The van der Waals surface area contributed by atoms with Gasteiger partial charge in [-0.15, -0.1) is 0 Å². The van der Waals surface area contributed by atoms with Gasteiger partial charge in [0, 0.05) is 4.47 Å². The van der Waals surface area contributed by atoms with Crippen LogP contribution in [0.2, 0.25) is 5.02 Å². The Morgan fingerprint density at radius 2 is 1.70 bits per heavy atom. The molecule has 1 aliphatic rings. The number of aliphatic imine (C=N–C) groups is 1. The number of halogens is 2. The summed E-state index contributed by atoms with van der Waals surface area (Å²) in [5, 5.41) is 0.447. The summed E-state index contributed by atoms with van der Waals surface area (Å²) in [5.41, 5.74) is 1.85. The minimum atomic E-state index is -0.560. The maximum absolute atomic E-state index is 12.2. The van der Waals surface area contributed by atoms with Gasteiger partial charge in [0.1, 0.15) is 5.75 Å². The van der Waals surface area contributed by atoms with Gasteiger partial charge in [-0.1, -0.05) is 51.8 Å². The van der Waals surface area contributed by atoms with E-state index in [2.05, 4.69) is 20.9 Å². The van der Waals surface area contributed by atoms with E-state index in [1.54, 1.807) is 78.9 Å². The van der Waals surface area contributed by atoms with Crippen LogP contribution >= 0.6 is 27.5 Å². The molecule has 0 fully saturated rings. The molecular weight excluding hydrogens is 470 g/mol. The molecule has 0 amide bonds. The van der Waals surface area contributed by atoms with Crippen LogP contribution in [0.25, 0.3) is 6.08 Å². The maximum atomic E-state index is 12.2. The van der Waals surface area contributed by atoms with Gasteiger partial charge in [-0.3, -0.25) is 0 Å². The van der Waals surface area contributed by atoms with Crippen LogP contribution in [0.1, 0.15) is 21.5 Å². The van der Waals surface area contributed by atoms with Gasteiger partial charge in [-0.2, -0.15) is 0 Å². The lowest BCUT2D eigenvalue weighted by molar-refractivity contribution is -0.129. The molecule has 1 aliphatic heterocycles. The minimum absolute atomic E-state index is 0.157. The molecule has 0 N–H and O–H groups in total. The molecule has 0 atom stereocenters. The van der Waals surface area contributed by atoms with Crippen molar-refractivity contribution in [3.05, 3.63) is 105 Å². The number of cyclic esters (lactones) is 1. The highest BCUT2D eigenvalue weighted by Gasteiger charge is 2.25. The number of benzene rings is 3. The molecule has 4 rings (SSSR count). The smallest absolute Gasteiger partial charge is 0.363 e. The van der Waals surface area contributed by atoms with Crippen LogP contribution in [-0.2, 0) is 9.53 Å². The first-order valence-corrected chi connectivity index (χ1v) is 10.0.